The molecule has 0 spiro atoms. The minimum atomic E-state index is -1.40. The first-order chi connectivity index (χ1) is 16.4. The molecule has 0 bridgehead atoms. The van der Waals surface area contributed by atoms with Crippen molar-refractivity contribution in [3.05, 3.63) is 53.1 Å². The Bertz CT molecular complexity index is 964. The SMILES string of the molecule is COc1cc(CCCO)cc2c1O[C@@H](c1ccc(O[C@@H]3O[C@@H](C)[C@H](O)[C@@H](O)[C@H]3O)cc1)[C@H]2CO. The van der Waals surface area contributed by atoms with Crippen LogP contribution in [0.15, 0.2) is 36.4 Å². The molecule has 0 saturated carbocycles. The number of fused-ring (bicyclic) bond motifs is 1. The van der Waals surface area contributed by atoms with Crippen LogP contribution in [0, 0.1) is 0 Å². The molecule has 7 atom stereocenters. The topological polar surface area (TPSA) is 138 Å². The lowest BCUT2D eigenvalue weighted by Crippen LogP contribution is -2.58. The van der Waals surface area contributed by atoms with Crippen molar-refractivity contribution in [2.45, 2.75) is 62.5 Å². The number of ether oxygens (including phenoxy) is 4. The standard InChI is InChI=1S/C25H32O9/c1-13-20(28)21(29)22(30)25(32-13)33-16-7-5-15(6-8-16)23-18(12-27)17-10-14(4-3-9-26)11-19(31-2)24(17)34-23/h5-8,10-11,13,18,20-23,25-30H,3-4,9,12H2,1-2H3/t13-,18-,20-,21+,22+,23-,25-/m0/s1. The minimum absolute atomic E-state index is 0.0950. The van der Waals surface area contributed by atoms with E-state index in [-0.39, 0.29) is 19.1 Å². The zero-order chi connectivity index (χ0) is 24.4. The second-order valence-corrected chi connectivity index (χ2v) is 8.74. The molecule has 0 unspecified atom stereocenters. The Kier molecular flexibility index (Phi) is 7.61. The first kappa shape index (κ1) is 24.7. The quantitative estimate of drug-likeness (QED) is 0.378. The van der Waals surface area contributed by atoms with Crippen LogP contribution < -0.4 is 14.2 Å². The van der Waals surface area contributed by atoms with Crippen LogP contribution in [0.5, 0.6) is 17.2 Å². The molecule has 0 aromatic heterocycles. The van der Waals surface area contributed by atoms with E-state index < -0.39 is 36.8 Å². The lowest BCUT2D eigenvalue weighted by atomic mass is 9.90. The summed E-state index contributed by atoms with van der Waals surface area (Å²) in [6.07, 6.45) is -4.92. The molecule has 2 aromatic rings. The van der Waals surface area contributed by atoms with Gasteiger partial charge in [-0.25, -0.2) is 0 Å². The number of methoxy groups -OCH3 is 1. The van der Waals surface area contributed by atoms with Gasteiger partial charge in [0.05, 0.1) is 25.7 Å². The van der Waals surface area contributed by atoms with Crippen LogP contribution in [0.4, 0.5) is 0 Å². The van der Waals surface area contributed by atoms with Crippen molar-refractivity contribution in [2.75, 3.05) is 20.3 Å². The van der Waals surface area contributed by atoms with Gasteiger partial charge < -0.3 is 44.5 Å². The number of hydrogen-bond acceptors (Lipinski definition) is 9. The smallest absolute Gasteiger partial charge is 0.229 e. The molecule has 0 radical (unpaired) electrons. The highest BCUT2D eigenvalue weighted by molar-refractivity contribution is 5.55. The highest BCUT2D eigenvalue weighted by Gasteiger charge is 2.43. The lowest BCUT2D eigenvalue weighted by molar-refractivity contribution is -0.268. The maximum absolute atomic E-state index is 10.2. The Labute approximate surface area is 198 Å². The summed E-state index contributed by atoms with van der Waals surface area (Å²) in [5.41, 5.74) is 2.68. The first-order valence-corrected chi connectivity index (χ1v) is 11.4. The van der Waals surface area contributed by atoms with Crippen molar-refractivity contribution in [2.24, 2.45) is 0 Å². The van der Waals surface area contributed by atoms with Crippen molar-refractivity contribution in [3.63, 3.8) is 0 Å². The average Bonchev–Trinajstić information content (AvgIpc) is 3.23. The van der Waals surface area contributed by atoms with Gasteiger partial charge in [-0.1, -0.05) is 18.2 Å². The molecule has 0 aliphatic carbocycles. The van der Waals surface area contributed by atoms with Crippen molar-refractivity contribution < 1.29 is 44.5 Å². The van der Waals surface area contributed by atoms with E-state index >= 15 is 0 Å². The molecule has 1 saturated heterocycles. The van der Waals surface area contributed by atoms with E-state index in [1.165, 1.54) is 0 Å². The zero-order valence-corrected chi connectivity index (χ0v) is 19.2. The van der Waals surface area contributed by atoms with Gasteiger partial charge in [-0.3, -0.25) is 0 Å². The van der Waals surface area contributed by atoms with Crippen molar-refractivity contribution in [1.29, 1.82) is 0 Å². The van der Waals surface area contributed by atoms with Gasteiger partial charge >= 0.3 is 0 Å². The van der Waals surface area contributed by atoms with E-state index in [1.54, 1.807) is 38.3 Å². The van der Waals surface area contributed by atoms with Crippen molar-refractivity contribution >= 4 is 0 Å². The molecule has 9 nitrogen and oxygen atoms in total. The van der Waals surface area contributed by atoms with Crippen molar-refractivity contribution in [1.82, 2.24) is 0 Å². The number of aliphatic hydroxyl groups excluding tert-OH is 5. The monoisotopic (exact) mass is 476 g/mol. The Hall–Kier alpha value is -2.40. The number of rotatable bonds is 8. The van der Waals surface area contributed by atoms with Gasteiger partial charge in [0.1, 0.15) is 30.2 Å². The molecule has 0 amide bonds. The van der Waals surface area contributed by atoms with Crippen LogP contribution in [-0.2, 0) is 11.2 Å². The minimum Gasteiger partial charge on any atom is -0.493 e. The fourth-order valence-electron chi connectivity index (χ4n) is 4.51. The Morgan fingerprint density at radius 3 is 2.35 bits per heavy atom. The summed E-state index contributed by atoms with van der Waals surface area (Å²) in [6.45, 7) is 1.56. The molecule has 1 fully saturated rings. The summed E-state index contributed by atoms with van der Waals surface area (Å²) in [5, 5.41) is 49.3. The van der Waals surface area contributed by atoms with E-state index in [4.69, 9.17) is 24.1 Å². The van der Waals surface area contributed by atoms with Gasteiger partial charge in [0.25, 0.3) is 0 Å². The van der Waals surface area contributed by atoms with Crippen molar-refractivity contribution in [3.8, 4) is 17.2 Å². The fraction of sp³-hybridized carbons (Fsp3) is 0.520. The molecule has 186 valence electrons. The highest BCUT2D eigenvalue weighted by Crippen LogP contribution is 2.51. The predicted molar refractivity (Wildman–Crippen MR) is 121 cm³/mol. The average molecular weight is 477 g/mol. The second kappa shape index (κ2) is 10.5. The van der Waals surface area contributed by atoms with E-state index in [1.807, 2.05) is 12.1 Å². The van der Waals surface area contributed by atoms with Gasteiger partial charge in [0.15, 0.2) is 11.5 Å². The summed E-state index contributed by atoms with van der Waals surface area (Å²) in [5.74, 6) is 1.29. The number of aliphatic hydroxyl groups is 5. The van der Waals surface area contributed by atoms with Gasteiger partial charge in [-0.2, -0.15) is 0 Å². The number of hydrogen-bond donors (Lipinski definition) is 5. The van der Waals surface area contributed by atoms with Gasteiger partial charge in [0.2, 0.25) is 6.29 Å². The summed E-state index contributed by atoms with van der Waals surface area (Å²) >= 11 is 0. The highest BCUT2D eigenvalue weighted by atomic mass is 16.7. The maximum atomic E-state index is 10.2. The van der Waals surface area contributed by atoms with Gasteiger partial charge in [-0.05, 0) is 49.1 Å². The molecule has 5 N–H and O–H groups in total. The molecule has 2 heterocycles. The van der Waals surface area contributed by atoms with E-state index in [0.29, 0.717) is 30.1 Å². The Morgan fingerprint density at radius 2 is 1.71 bits per heavy atom. The zero-order valence-electron chi connectivity index (χ0n) is 19.2. The maximum Gasteiger partial charge on any atom is 0.229 e. The third kappa shape index (κ3) is 4.72. The van der Waals surface area contributed by atoms with Crippen LogP contribution in [0.2, 0.25) is 0 Å². The van der Waals surface area contributed by atoms with Crippen LogP contribution in [0.3, 0.4) is 0 Å². The third-order valence-electron chi connectivity index (χ3n) is 6.46. The van der Waals surface area contributed by atoms with E-state index in [9.17, 15) is 20.4 Å². The van der Waals surface area contributed by atoms with E-state index in [2.05, 4.69) is 0 Å². The van der Waals surface area contributed by atoms with Gasteiger partial charge in [0, 0.05) is 12.2 Å². The van der Waals surface area contributed by atoms with Crippen LogP contribution in [0.25, 0.3) is 0 Å². The van der Waals surface area contributed by atoms with E-state index in [0.717, 1.165) is 16.7 Å². The molecule has 9 heteroatoms. The Morgan fingerprint density at radius 1 is 0.971 bits per heavy atom. The normalized spacial score (nSPS) is 30.5. The molecular weight excluding hydrogens is 444 g/mol. The van der Waals surface area contributed by atoms with Crippen LogP contribution >= 0.6 is 0 Å². The van der Waals surface area contributed by atoms with Crippen LogP contribution in [-0.4, -0.2) is 76.6 Å². The third-order valence-corrected chi connectivity index (χ3v) is 6.46. The molecule has 2 aliphatic rings. The number of aryl methyl sites for hydroxylation is 1. The molecule has 2 aliphatic heterocycles. The largest absolute Gasteiger partial charge is 0.493 e. The summed E-state index contributed by atoms with van der Waals surface area (Å²) < 4.78 is 22.9. The summed E-state index contributed by atoms with van der Waals surface area (Å²) in [6, 6.07) is 10.9. The molecule has 4 rings (SSSR count). The van der Waals surface area contributed by atoms with Crippen LogP contribution in [0.1, 0.15) is 42.1 Å². The second-order valence-electron chi connectivity index (χ2n) is 8.74. The molecular formula is C25H32O9. The predicted octanol–water partition coefficient (Wildman–Crippen LogP) is 1.04. The summed E-state index contributed by atoms with van der Waals surface area (Å²) in [4.78, 5) is 0. The van der Waals surface area contributed by atoms with Gasteiger partial charge in [-0.15, -0.1) is 0 Å². The summed E-state index contributed by atoms with van der Waals surface area (Å²) in [7, 11) is 1.57. The fourth-order valence-corrected chi connectivity index (χ4v) is 4.51. The Balaban J connectivity index is 1.52. The lowest BCUT2D eigenvalue weighted by Gasteiger charge is -2.38. The number of benzene rings is 2. The molecule has 2 aromatic carbocycles. The first-order valence-electron chi connectivity index (χ1n) is 11.4. The molecule has 34 heavy (non-hydrogen) atoms.